The Bertz CT molecular complexity index is 428. The van der Waals surface area contributed by atoms with Crippen LogP contribution in [0.4, 0.5) is 5.69 Å². The summed E-state index contributed by atoms with van der Waals surface area (Å²) in [5.41, 5.74) is 2.81. The van der Waals surface area contributed by atoms with Gasteiger partial charge in [0, 0.05) is 22.3 Å². The average molecular weight is 326 g/mol. The van der Waals surface area contributed by atoms with E-state index in [-0.39, 0.29) is 11.9 Å². The molecule has 1 aliphatic carbocycles. The fraction of sp³-hybridized carbons (Fsp3) is 0.588. The monoisotopic (exact) mass is 326 g/mol. The van der Waals surface area contributed by atoms with Crippen LogP contribution in [0.2, 0.25) is 0 Å². The predicted octanol–water partition coefficient (Wildman–Crippen LogP) is 3.29. The van der Waals surface area contributed by atoms with Crippen LogP contribution >= 0.6 is 11.8 Å². The number of carbonyl (C=O) groups is 1. The summed E-state index contributed by atoms with van der Waals surface area (Å²) in [6.45, 7) is 4.00. The van der Waals surface area contributed by atoms with Gasteiger partial charge in [0.25, 0.3) is 0 Å². The SMILES string of the molecule is CC.CO[NH2+]c1ccc(SC2CCC(C(=O)OC)CC2)cc1. The average Bonchev–Trinajstić information content (AvgIpc) is 2.59. The number of thioether (sulfide) groups is 1. The van der Waals surface area contributed by atoms with Gasteiger partial charge in [-0.15, -0.1) is 11.8 Å². The minimum Gasteiger partial charge on any atom is -0.469 e. The third-order valence-electron chi connectivity index (χ3n) is 3.65. The van der Waals surface area contributed by atoms with Crippen LogP contribution in [0.5, 0.6) is 0 Å². The quantitative estimate of drug-likeness (QED) is 0.512. The zero-order chi connectivity index (χ0) is 16.4. The van der Waals surface area contributed by atoms with Gasteiger partial charge >= 0.3 is 5.97 Å². The first-order chi connectivity index (χ1) is 10.7. The molecule has 0 aromatic heterocycles. The molecule has 0 atom stereocenters. The lowest BCUT2D eigenvalue weighted by Gasteiger charge is -2.26. The second kappa shape index (κ2) is 10.6. The van der Waals surface area contributed by atoms with Crippen LogP contribution < -0.4 is 5.48 Å². The summed E-state index contributed by atoms with van der Waals surface area (Å²) in [7, 11) is 3.13. The first-order valence-electron chi connectivity index (χ1n) is 7.93. The van der Waals surface area contributed by atoms with Crippen LogP contribution in [0, 0.1) is 5.92 Å². The highest BCUT2D eigenvalue weighted by Crippen LogP contribution is 2.36. The molecule has 0 bridgehead atoms. The van der Waals surface area contributed by atoms with Crippen molar-refractivity contribution in [3.05, 3.63) is 24.3 Å². The second-order valence-corrected chi connectivity index (χ2v) is 6.41. The number of benzene rings is 1. The first kappa shape index (κ1) is 19.0. The second-order valence-electron chi connectivity index (χ2n) is 5.04. The fourth-order valence-corrected chi connectivity index (χ4v) is 3.72. The number of ether oxygens (including phenoxy) is 1. The van der Waals surface area contributed by atoms with Crippen molar-refractivity contribution in [2.75, 3.05) is 14.2 Å². The molecule has 1 fully saturated rings. The Balaban J connectivity index is 0.00000116. The molecule has 1 aromatic rings. The number of rotatable bonds is 5. The lowest BCUT2D eigenvalue weighted by atomic mass is 9.89. The Kier molecular flexibility index (Phi) is 9.20. The molecule has 0 heterocycles. The molecule has 0 saturated heterocycles. The van der Waals surface area contributed by atoms with E-state index in [1.165, 1.54) is 12.0 Å². The topological polar surface area (TPSA) is 52.1 Å². The van der Waals surface area contributed by atoms with Gasteiger partial charge in [-0.2, -0.15) is 5.48 Å². The number of esters is 1. The molecule has 22 heavy (non-hydrogen) atoms. The molecule has 0 spiro atoms. The van der Waals surface area contributed by atoms with E-state index in [0.717, 1.165) is 31.4 Å². The molecule has 5 heteroatoms. The van der Waals surface area contributed by atoms with Gasteiger partial charge in [0.05, 0.1) is 20.1 Å². The predicted molar refractivity (Wildman–Crippen MR) is 90.0 cm³/mol. The summed E-state index contributed by atoms with van der Waals surface area (Å²) in [6.07, 6.45) is 4.05. The number of quaternary nitrogens is 1. The highest BCUT2D eigenvalue weighted by atomic mass is 32.2. The smallest absolute Gasteiger partial charge is 0.308 e. The van der Waals surface area contributed by atoms with Crippen LogP contribution in [0.1, 0.15) is 39.5 Å². The lowest BCUT2D eigenvalue weighted by molar-refractivity contribution is -0.830. The van der Waals surface area contributed by atoms with E-state index in [9.17, 15) is 4.79 Å². The Labute approximate surface area is 137 Å². The van der Waals surface area contributed by atoms with Crippen LogP contribution in [-0.2, 0) is 14.4 Å². The van der Waals surface area contributed by atoms with Crippen LogP contribution in [-0.4, -0.2) is 25.4 Å². The Morgan fingerprint density at radius 1 is 1.09 bits per heavy atom. The highest BCUT2D eigenvalue weighted by molar-refractivity contribution is 8.00. The molecule has 4 nitrogen and oxygen atoms in total. The van der Waals surface area contributed by atoms with Crippen molar-refractivity contribution in [1.82, 2.24) is 0 Å². The number of hydrogen-bond acceptors (Lipinski definition) is 4. The maximum Gasteiger partial charge on any atom is 0.308 e. The number of nitrogens with two attached hydrogens (primary N) is 1. The van der Waals surface area contributed by atoms with Crippen molar-refractivity contribution < 1.29 is 19.8 Å². The summed E-state index contributed by atoms with van der Waals surface area (Å²) >= 11 is 1.91. The normalized spacial score (nSPS) is 20.7. The van der Waals surface area contributed by atoms with E-state index in [2.05, 4.69) is 24.3 Å². The molecule has 1 aromatic carbocycles. The fourth-order valence-electron chi connectivity index (χ4n) is 2.54. The van der Waals surface area contributed by atoms with Crippen LogP contribution in [0.3, 0.4) is 0 Å². The minimum absolute atomic E-state index is 0.0482. The van der Waals surface area contributed by atoms with E-state index in [1.54, 1.807) is 12.6 Å². The molecular formula is C17H28NO3S+. The third-order valence-corrected chi connectivity index (χ3v) is 4.99. The minimum atomic E-state index is -0.0482. The highest BCUT2D eigenvalue weighted by Gasteiger charge is 2.27. The van der Waals surface area contributed by atoms with Crippen LogP contribution in [0.25, 0.3) is 0 Å². The number of hydrogen-bond donors (Lipinski definition) is 1. The van der Waals surface area contributed by atoms with E-state index in [0.29, 0.717) is 5.25 Å². The van der Waals surface area contributed by atoms with Gasteiger partial charge in [0.2, 0.25) is 0 Å². The van der Waals surface area contributed by atoms with Crippen molar-refractivity contribution in [2.45, 2.75) is 49.7 Å². The zero-order valence-corrected chi connectivity index (χ0v) is 14.8. The molecule has 1 aliphatic rings. The van der Waals surface area contributed by atoms with Crippen molar-refractivity contribution in [2.24, 2.45) is 5.92 Å². The van der Waals surface area contributed by atoms with Gasteiger partial charge in [-0.25, -0.2) is 4.84 Å². The summed E-state index contributed by atoms with van der Waals surface area (Å²) in [5, 5.41) is 0.605. The summed E-state index contributed by atoms with van der Waals surface area (Å²) in [5.74, 6) is 0.0587. The molecule has 0 aliphatic heterocycles. The van der Waals surface area contributed by atoms with E-state index >= 15 is 0 Å². The maximum atomic E-state index is 11.5. The molecule has 0 unspecified atom stereocenters. The summed E-state index contributed by atoms with van der Waals surface area (Å²) in [6, 6.07) is 8.38. The van der Waals surface area contributed by atoms with Gasteiger partial charge in [-0.05, 0) is 37.8 Å². The Morgan fingerprint density at radius 3 is 2.18 bits per heavy atom. The molecule has 1 saturated carbocycles. The summed E-state index contributed by atoms with van der Waals surface area (Å²) in [4.78, 5) is 17.8. The molecule has 2 rings (SSSR count). The van der Waals surface area contributed by atoms with E-state index in [4.69, 9.17) is 9.57 Å². The summed E-state index contributed by atoms with van der Waals surface area (Å²) < 4.78 is 4.82. The van der Waals surface area contributed by atoms with E-state index < -0.39 is 0 Å². The number of methoxy groups -OCH3 is 1. The van der Waals surface area contributed by atoms with Crippen molar-refractivity contribution in [3.63, 3.8) is 0 Å². The van der Waals surface area contributed by atoms with Crippen molar-refractivity contribution in [1.29, 1.82) is 0 Å². The van der Waals surface area contributed by atoms with Crippen molar-refractivity contribution in [3.8, 4) is 0 Å². The van der Waals surface area contributed by atoms with Crippen molar-refractivity contribution >= 4 is 23.4 Å². The van der Waals surface area contributed by atoms with Gasteiger partial charge in [-0.3, -0.25) is 4.79 Å². The molecule has 0 radical (unpaired) electrons. The molecule has 2 N–H and O–H groups in total. The van der Waals surface area contributed by atoms with Gasteiger partial charge < -0.3 is 4.74 Å². The largest absolute Gasteiger partial charge is 0.469 e. The maximum absolute atomic E-state index is 11.5. The van der Waals surface area contributed by atoms with Gasteiger partial charge in [0.1, 0.15) is 0 Å². The lowest BCUT2D eigenvalue weighted by Crippen LogP contribution is -2.75. The first-order valence-corrected chi connectivity index (χ1v) is 8.81. The van der Waals surface area contributed by atoms with Crippen LogP contribution in [0.15, 0.2) is 29.2 Å². The molecular weight excluding hydrogens is 298 g/mol. The third kappa shape index (κ3) is 5.99. The Morgan fingerprint density at radius 2 is 1.68 bits per heavy atom. The van der Waals surface area contributed by atoms with E-state index in [1.807, 2.05) is 25.6 Å². The Hall–Kier alpha value is -1.04. The zero-order valence-electron chi connectivity index (χ0n) is 14.0. The molecule has 0 amide bonds. The standard InChI is InChI=1S/C15H21NO3S.C2H6/c1-18-15(17)11-3-7-13(8-4-11)20-14-9-5-12(6-10-14)16-19-2;1-2/h5-6,9-11,13,16H,3-4,7-8H2,1-2H3;1-2H3/p+1. The van der Waals surface area contributed by atoms with Gasteiger partial charge in [-0.1, -0.05) is 13.8 Å². The van der Waals surface area contributed by atoms with Gasteiger partial charge in [0.15, 0.2) is 5.69 Å². The number of carbonyl (C=O) groups excluding carboxylic acids is 1. The molecule has 124 valence electrons.